The Balaban J connectivity index is 1.45. The average Bonchev–Trinajstić information content (AvgIpc) is 3.20. The van der Waals surface area contributed by atoms with E-state index in [-0.39, 0.29) is 17.6 Å². The summed E-state index contributed by atoms with van der Waals surface area (Å²) in [5, 5.41) is 7.31. The van der Waals surface area contributed by atoms with Crippen molar-refractivity contribution < 1.29 is 13.9 Å². The van der Waals surface area contributed by atoms with Crippen LogP contribution in [0.5, 0.6) is 5.75 Å². The summed E-state index contributed by atoms with van der Waals surface area (Å²) < 4.78 is 19.1. The number of hydrogen-bond donors (Lipinski definition) is 1. The van der Waals surface area contributed by atoms with E-state index in [4.69, 9.17) is 4.74 Å². The van der Waals surface area contributed by atoms with E-state index in [0.717, 1.165) is 36.3 Å². The zero-order valence-electron chi connectivity index (χ0n) is 13.6. The molecule has 0 saturated carbocycles. The molecule has 0 radical (unpaired) electrons. The minimum Gasteiger partial charge on any atom is -0.480 e. The second-order valence-electron chi connectivity index (χ2n) is 6.66. The van der Waals surface area contributed by atoms with Gasteiger partial charge in [-0.2, -0.15) is 5.10 Å². The number of H-pyrrole nitrogens is 1. The Labute approximate surface area is 139 Å². The number of aromatic nitrogens is 2. The van der Waals surface area contributed by atoms with Crippen molar-refractivity contribution >= 4 is 5.91 Å². The molecule has 24 heavy (non-hydrogen) atoms. The van der Waals surface area contributed by atoms with E-state index in [0.29, 0.717) is 18.7 Å². The summed E-state index contributed by atoms with van der Waals surface area (Å²) in [5.41, 5.74) is 2.82. The van der Waals surface area contributed by atoms with E-state index in [1.807, 2.05) is 17.9 Å². The van der Waals surface area contributed by atoms with Gasteiger partial charge in [-0.05, 0) is 44.0 Å². The normalized spacial score (nSPS) is 23.0. The molecular weight excluding hydrogens is 309 g/mol. The highest BCUT2D eigenvalue weighted by Gasteiger charge is 2.35. The first kappa shape index (κ1) is 15.2. The lowest BCUT2D eigenvalue weighted by molar-refractivity contribution is -0.139. The molecule has 2 atom stereocenters. The molecule has 0 aliphatic carbocycles. The molecule has 1 saturated heterocycles. The van der Waals surface area contributed by atoms with Gasteiger partial charge in [-0.15, -0.1) is 0 Å². The minimum atomic E-state index is -0.540. The Morgan fingerprint density at radius 1 is 1.42 bits per heavy atom. The number of rotatable bonds is 2. The van der Waals surface area contributed by atoms with Gasteiger partial charge in [-0.1, -0.05) is 0 Å². The summed E-state index contributed by atoms with van der Waals surface area (Å²) >= 11 is 0. The maximum atomic E-state index is 13.3. The van der Waals surface area contributed by atoms with E-state index < -0.39 is 6.10 Å². The van der Waals surface area contributed by atoms with Crippen LogP contribution in [-0.2, 0) is 11.2 Å². The highest BCUT2D eigenvalue weighted by atomic mass is 19.1. The van der Waals surface area contributed by atoms with Crippen molar-refractivity contribution in [2.75, 3.05) is 13.1 Å². The number of halogens is 1. The number of likely N-dealkylation sites (tertiary alicyclic amines) is 1. The number of benzene rings is 1. The van der Waals surface area contributed by atoms with Crippen molar-refractivity contribution in [1.29, 1.82) is 0 Å². The topological polar surface area (TPSA) is 58.2 Å². The van der Waals surface area contributed by atoms with E-state index >= 15 is 0 Å². The monoisotopic (exact) mass is 329 g/mol. The Morgan fingerprint density at radius 3 is 3.08 bits per heavy atom. The quantitative estimate of drug-likeness (QED) is 0.921. The third-order valence-electron chi connectivity index (χ3n) is 4.85. The first-order valence-electron chi connectivity index (χ1n) is 8.36. The van der Waals surface area contributed by atoms with Gasteiger partial charge in [-0.25, -0.2) is 4.39 Å². The van der Waals surface area contributed by atoms with Crippen molar-refractivity contribution in [3.63, 3.8) is 0 Å². The average molecular weight is 329 g/mol. The molecule has 4 rings (SSSR count). The van der Waals surface area contributed by atoms with Crippen LogP contribution in [0.3, 0.4) is 0 Å². The van der Waals surface area contributed by atoms with Crippen LogP contribution >= 0.6 is 0 Å². The molecule has 1 N–H and O–H groups in total. The van der Waals surface area contributed by atoms with Crippen LogP contribution < -0.4 is 4.74 Å². The first-order chi connectivity index (χ1) is 11.6. The van der Waals surface area contributed by atoms with Crippen LogP contribution in [0.2, 0.25) is 0 Å². The predicted molar refractivity (Wildman–Crippen MR) is 86.4 cm³/mol. The van der Waals surface area contributed by atoms with Gasteiger partial charge in [0.1, 0.15) is 11.6 Å². The SMILES string of the molecule is Cc1cc([C@H]2CCCN(C(=O)[C@H]3Cc4cc(F)ccc4O3)C2)n[nH]1. The number of nitrogens with zero attached hydrogens (tertiary/aromatic N) is 2. The molecule has 2 aromatic rings. The molecule has 0 spiro atoms. The van der Waals surface area contributed by atoms with Crippen LogP contribution in [-0.4, -0.2) is 40.2 Å². The third-order valence-corrected chi connectivity index (χ3v) is 4.85. The zero-order chi connectivity index (χ0) is 16.7. The van der Waals surface area contributed by atoms with Crippen molar-refractivity contribution in [3.8, 4) is 5.75 Å². The number of aryl methyl sites for hydroxylation is 1. The lowest BCUT2D eigenvalue weighted by atomic mass is 9.94. The Kier molecular flexibility index (Phi) is 3.75. The number of carbonyl (C=O) groups is 1. The molecule has 0 bridgehead atoms. The van der Waals surface area contributed by atoms with Crippen molar-refractivity contribution in [2.45, 2.75) is 38.2 Å². The lowest BCUT2D eigenvalue weighted by Crippen LogP contribution is -2.46. The molecule has 2 aliphatic heterocycles. The van der Waals surface area contributed by atoms with E-state index in [2.05, 4.69) is 10.2 Å². The summed E-state index contributed by atoms with van der Waals surface area (Å²) in [4.78, 5) is 14.7. The lowest BCUT2D eigenvalue weighted by Gasteiger charge is -2.33. The minimum absolute atomic E-state index is 0.0106. The molecular formula is C18H20FN3O2. The number of carbonyl (C=O) groups excluding carboxylic acids is 1. The summed E-state index contributed by atoms with van der Waals surface area (Å²) in [6.45, 7) is 3.38. The Morgan fingerprint density at radius 2 is 2.29 bits per heavy atom. The molecule has 1 fully saturated rings. The fourth-order valence-electron chi connectivity index (χ4n) is 3.63. The number of fused-ring (bicyclic) bond motifs is 1. The van der Waals surface area contributed by atoms with Crippen molar-refractivity contribution in [2.24, 2.45) is 0 Å². The van der Waals surface area contributed by atoms with Crippen LogP contribution in [0.1, 0.15) is 35.7 Å². The molecule has 3 heterocycles. The molecule has 2 aliphatic rings. The molecule has 5 nitrogen and oxygen atoms in total. The van der Waals surface area contributed by atoms with Crippen molar-refractivity contribution in [3.05, 3.63) is 47.0 Å². The highest BCUT2D eigenvalue weighted by Crippen LogP contribution is 2.32. The van der Waals surface area contributed by atoms with Crippen LogP contribution in [0, 0.1) is 12.7 Å². The molecule has 1 amide bonds. The molecule has 1 aromatic carbocycles. The van der Waals surface area contributed by atoms with Gasteiger partial charge in [0.2, 0.25) is 0 Å². The number of nitrogens with one attached hydrogen (secondary N) is 1. The van der Waals surface area contributed by atoms with E-state index in [1.54, 1.807) is 6.07 Å². The smallest absolute Gasteiger partial charge is 0.264 e. The summed E-state index contributed by atoms with van der Waals surface area (Å²) in [6.07, 6.45) is 1.89. The fraction of sp³-hybridized carbons (Fsp3) is 0.444. The Hall–Kier alpha value is -2.37. The number of ether oxygens (including phenoxy) is 1. The number of piperidine rings is 1. The largest absolute Gasteiger partial charge is 0.480 e. The van der Waals surface area contributed by atoms with Crippen LogP contribution in [0.4, 0.5) is 4.39 Å². The number of amides is 1. The van der Waals surface area contributed by atoms with Crippen molar-refractivity contribution in [1.82, 2.24) is 15.1 Å². The standard InChI is InChI=1S/C18H20FN3O2/c1-11-7-15(21-20-11)12-3-2-6-22(10-12)18(23)17-9-13-8-14(19)4-5-16(13)24-17/h4-5,7-8,12,17H,2-3,6,9-10H2,1H3,(H,20,21)/t12-,17+/m0/s1. The summed E-state index contributed by atoms with van der Waals surface area (Å²) in [5.74, 6) is 0.570. The molecule has 6 heteroatoms. The maximum absolute atomic E-state index is 13.3. The van der Waals surface area contributed by atoms with Gasteiger partial charge in [0.25, 0.3) is 5.91 Å². The van der Waals surface area contributed by atoms with Gasteiger partial charge in [0.15, 0.2) is 6.10 Å². The molecule has 0 unspecified atom stereocenters. The van der Waals surface area contributed by atoms with E-state index in [1.165, 1.54) is 12.1 Å². The highest BCUT2D eigenvalue weighted by molar-refractivity contribution is 5.82. The maximum Gasteiger partial charge on any atom is 0.264 e. The summed E-state index contributed by atoms with van der Waals surface area (Å²) in [6, 6.07) is 6.46. The number of aromatic amines is 1. The zero-order valence-corrected chi connectivity index (χ0v) is 13.6. The Bertz CT molecular complexity index is 773. The van der Waals surface area contributed by atoms with E-state index in [9.17, 15) is 9.18 Å². The van der Waals surface area contributed by atoms with Gasteiger partial charge in [0, 0.05) is 36.7 Å². The summed E-state index contributed by atoms with van der Waals surface area (Å²) in [7, 11) is 0. The first-order valence-corrected chi connectivity index (χ1v) is 8.36. The third kappa shape index (κ3) is 2.77. The van der Waals surface area contributed by atoms with Crippen LogP contribution in [0.15, 0.2) is 24.3 Å². The molecule has 126 valence electrons. The van der Waals surface area contributed by atoms with Gasteiger partial charge in [0.05, 0.1) is 5.69 Å². The second kappa shape index (κ2) is 5.92. The van der Waals surface area contributed by atoms with Gasteiger partial charge < -0.3 is 9.64 Å². The predicted octanol–water partition coefficient (Wildman–Crippen LogP) is 2.57. The second-order valence-corrected chi connectivity index (χ2v) is 6.66. The van der Waals surface area contributed by atoms with Gasteiger partial charge in [-0.3, -0.25) is 9.89 Å². The number of hydrogen-bond acceptors (Lipinski definition) is 3. The fourth-order valence-corrected chi connectivity index (χ4v) is 3.63. The van der Waals surface area contributed by atoms with Gasteiger partial charge >= 0.3 is 0 Å². The molecule has 1 aromatic heterocycles. The van der Waals surface area contributed by atoms with Crippen LogP contribution in [0.25, 0.3) is 0 Å².